The van der Waals surface area contributed by atoms with E-state index in [4.69, 9.17) is 0 Å². The third kappa shape index (κ3) is 4.45. The van der Waals surface area contributed by atoms with Gasteiger partial charge in [-0.05, 0) is 48.6 Å². The third-order valence-electron chi connectivity index (χ3n) is 5.80. The second-order valence-corrected chi connectivity index (χ2v) is 7.96. The van der Waals surface area contributed by atoms with Gasteiger partial charge in [0.05, 0.1) is 0 Å². The van der Waals surface area contributed by atoms with Crippen LogP contribution in [0.25, 0.3) is 0 Å². The van der Waals surface area contributed by atoms with E-state index in [0.29, 0.717) is 37.9 Å². The molecule has 4 rings (SSSR count). The van der Waals surface area contributed by atoms with Crippen LogP contribution in [0.5, 0.6) is 0 Å². The van der Waals surface area contributed by atoms with E-state index < -0.39 is 5.54 Å². The molecule has 1 heterocycles. The fourth-order valence-corrected chi connectivity index (χ4v) is 4.14. The van der Waals surface area contributed by atoms with Crippen molar-refractivity contribution in [2.45, 2.75) is 50.6 Å². The standard InChI is InChI=1S/C23H26N4O3/c28-20-11-8-17-14-18(9-10-19(17)26-20)25-21(29)23(12-4-5-13-23)27-22(30)24-15-16-6-2-1-3-7-16/h1-3,6-7,9-10,14H,4-5,8,11-13,15H2,(H,25,29)(H,26,28)(H2,24,27,30). The molecule has 0 spiro atoms. The number of benzene rings is 2. The molecule has 1 saturated carbocycles. The molecule has 0 bridgehead atoms. The molecular formula is C23H26N4O3. The number of urea groups is 1. The predicted molar refractivity (Wildman–Crippen MR) is 115 cm³/mol. The van der Waals surface area contributed by atoms with E-state index in [2.05, 4.69) is 21.3 Å². The highest BCUT2D eigenvalue weighted by Crippen LogP contribution is 2.32. The van der Waals surface area contributed by atoms with Gasteiger partial charge in [0.1, 0.15) is 5.54 Å². The normalized spacial score (nSPS) is 16.9. The minimum atomic E-state index is -0.912. The average molecular weight is 406 g/mol. The molecule has 0 aromatic heterocycles. The molecule has 4 amide bonds. The van der Waals surface area contributed by atoms with Gasteiger partial charge in [0.15, 0.2) is 0 Å². The van der Waals surface area contributed by atoms with Crippen molar-refractivity contribution in [3.8, 4) is 0 Å². The van der Waals surface area contributed by atoms with Crippen LogP contribution < -0.4 is 21.3 Å². The number of fused-ring (bicyclic) bond motifs is 1. The number of amides is 4. The molecular weight excluding hydrogens is 380 g/mol. The van der Waals surface area contributed by atoms with Gasteiger partial charge in [0.25, 0.3) is 0 Å². The Morgan fingerprint density at radius 3 is 2.53 bits per heavy atom. The van der Waals surface area contributed by atoms with E-state index in [9.17, 15) is 14.4 Å². The van der Waals surface area contributed by atoms with Crippen molar-refractivity contribution in [2.24, 2.45) is 0 Å². The number of aryl methyl sites for hydroxylation is 1. The first-order valence-corrected chi connectivity index (χ1v) is 10.4. The van der Waals surface area contributed by atoms with Crippen LogP contribution in [0.4, 0.5) is 16.2 Å². The van der Waals surface area contributed by atoms with Crippen molar-refractivity contribution < 1.29 is 14.4 Å². The summed E-state index contributed by atoms with van der Waals surface area (Å²) in [5.41, 5.74) is 2.55. The lowest BCUT2D eigenvalue weighted by Gasteiger charge is -2.29. The van der Waals surface area contributed by atoms with Crippen LogP contribution in [0.3, 0.4) is 0 Å². The fraction of sp³-hybridized carbons (Fsp3) is 0.348. The molecule has 0 radical (unpaired) electrons. The van der Waals surface area contributed by atoms with Crippen LogP contribution in [0.15, 0.2) is 48.5 Å². The van der Waals surface area contributed by atoms with Crippen LogP contribution >= 0.6 is 0 Å². The van der Waals surface area contributed by atoms with Crippen molar-refractivity contribution in [1.82, 2.24) is 10.6 Å². The first-order valence-electron chi connectivity index (χ1n) is 10.4. The molecule has 0 atom stereocenters. The Hall–Kier alpha value is -3.35. The van der Waals surface area contributed by atoms with Crippen LogP contribution in [0, 0.1) is 0 Å². The summed E-state index contributed by atoms with van der Waals surface area (Å²) in [6, 6.07) is 14.8. The average Bonchev–Trinajstić information content (AvgIpc) is 3.23. The summed E-state index contributed by atoms with van der Waals surface area (Å²) in [4.78, 5) is 37.2. The molecule has 4 N–H and O–H groups in total. The van der Waals surface area contributed by atoms with Gasteiger partial charge in [-0.1, -0.05) is 43.2 Å². The molecule has 156 valence electrons. The van der Waals surface area contributed by atoms with Crippen molar-refractivity contribution in [1.29, 1.82) is 0 Å². The number of hydrogen-bond acceptors (Lipinski definition) is 3. The SMILES string of the molecule is O=C1CCc2cc(NC(=O)C3(NC(=O)NCc4ccccc4)CCCC3)ccc2N1. The van der Waals surface area contributed by atoms with Gasteiger partial charge >= 0.3 is 6.03 Å². The van der Waals surface area contributed by atoms with Gasteiger partial charge < -0.3 is 21.3 Å². The van der Waals surface area contributed by atoms with Crippen molar-refractivity contribution in [3.63, 3.8) is 0 Å². The Labute approximate surface area is 175 Å². The van der Waals surface area contributed by atoms with E-state index in [1.165, 1.54) is 0 Å². The maximum Gasteiger partial charge on any atom is 0.315 e. The van der Waals surface area contributed by atoms with Crippen LogP contribution in [-0.2, 0) is 22.6 Å². The zero-order valence-electron chi connectivity index (χ0n) is 16.8. The summed E-state index contributed by atoms with van der Waals surface area (Å²) in [7, 11) is 0. The van der Waals surface area contributed by atoms with Crippen LogP contribution in [0.2, 0.25) is 0 Å². The largest absolute Gasteiger partial charge is 0.334 e. The highest BCUT2D eigenvalue weighted by molar-refractivity contribution is 6.01. The third-order valence-corrected chi connectivity index (χ3v) is 5.80. The maximum atomic E-state index is 13.1. The Morgan fingerprint density at radius 2 is 1.77 bits per heavy atom. The highest BCUT2D eigenvalue weighted by Gasteiger charge is 2.42. The molecule has 1 aliphatic heterocycles. The fourth-order valence-electron chi connectivity index (χ4n) is 4.14. The molecule has 1 fully saturated rings. The Bertz CT molecular complexity index is 952. The number of carbonyl (C=O) groups excluding carboxylic acids is 3. The first-order chi connectivity index (χ1) is 14.5. The summed E-state index contributed by atoms with van der Waals surface area (Å²) in [6.45, 7) is 0.404. The molecule has 7 nitrogen and oxygen atoms in total. The summed E-state index contributed by atoms with van der Waals surface area (Å²) in [6.07, 6.45) is 4.09. The Morgan fingerprint density at radius 1 is 1.00 bits per heavy atom. The molecule has 2 aromatic rings. The lowest BCUT2D eigenvalue weighted by molar-refractivity contribution is -0.122. The van der Waals surface area contributed by atoms with E-state index in [-0.39, 0.29) is 17.8 Å². The minimum Gasteiger partial charge on any atom is -0.334 e. The summed E-state index contributed by atoms with van der Waals surface area (Å²) in [5, 5.41) is 11.6. The van der Waals surface area contributed by atoms with E-state index >= 15 is 0 Å². The van der Waals surface area contributed by atoms with Crippen molar-refractivity contribution >= 4 is 29.2 Å². The van der Waals surface area contributed by atoms with Crippen molar-refractivity contribution in [2.75, 3.05) is 10.6 Å². The topological polar surface area (TPSA) is 99.3 Å². The number of anilines is 2. The van der Waals surface area contributed by atoms with Gasteiger partial charge in [0, 0.05) is 24.3 Å². The zero-order valence-corrected chi connectivity index (χ0v) is 16.8. The smallest absolute Gasteiger partial charge is 0.315 e. The van der Waals surface area contributed by atoms with Gasteiger partial charge in [-0.2, -0.15) is 0 Å². The van der Waals surface area contributed by atoms with Gasteiger partial charge in [-0.25, -0.2) is 4.79 Å². The molecule has 0 saturated heterocycles. The van der Waals surface area contributed by atoms with E-state index in [1.807, 2.05) is 42.5 Å². The van der Waals surface area contributed by atoms with Crippen LogP contribution in [0.1, 0.15) is 43.2 Å². The van der Waals surface area contributed by atoms with E-state index in [0.717, 1.165) is 29.7 Å². The second-order valence-electron chi connectivity index (χ2n) is 7.96. The summed E-state index contributed by atoms with van der Waals surface area (Å²) < 4.78 is 0. The molecule has 2 aromatic carbocycles. The molecule has 7 heteroatoms. The monoisotopic (exact) mass is 406 g/mol. The molecule has 30 heavy (non-hydrogen) atoms. The quantitative estimate of drug-likeness (QED) is 0.613. The lowest BCUT2D eigenvalue weighted by atomic mass is 9.96. The number of nitrogens with one attached hydrogen (secondary N) is 4. The number of carbonyl (C=O) groups is 3. The van der Waals surface area contributed by atoms with Gasteiger partial charge in [-0.15, -0.1) is 0 Å². The predicted octanol–water partition coefficient (Wildman–Crippen LogP) is 3.32. The highest BCUT2D eigenvalue weighted by atomic mass is 16.2. The number of hydrogen-bond donors (Lipinski definition) is 4. The molecule has 1 aliphatic carbocycles. The van der Waals surface area contributed by atoms with Gasteiger partial charge in [0.2, 0.25) is 11.8 Å². The summed E-state index contributed by atoms with van der Waals surface area (Å²) >= 11 is 0. The van der Waals surface area contributed by atoms with Crippen LogP contribution in [-0.4, -0.2) is 23.4 Å². The second kappa shape index (κ2) is 8.57. The molecule has 2 aliphatic rings. The van der Waals surface area contributed by atoms with Gasteiger partial charge in [-0.3, -0.25) is 9.59 Å². The summed E-state index contributed by atoms with van der Waals surface area (Å²) in [5.74, 6) is -0.190. The minimum absolute atomic E-state index is 0.00918. The van der Waals surface area contributed by atoms with Crippen molar-refractivity contribution in [3.05, 3.63) is 59.7 Å². The molecule has 0 unspecified atom stereocenters. The number of rotatable bonds is 5. The Balaban J connectivity index is 1.41. The lowest BCUT2D eigenvalue weighted by Crippen LogP contribution is -2.57. The van der Waals surface area contributed by atoms with E-state index in [1.54, 1.807) is 6.07 Å². The first kappa shape index (κ1) is 19.9. The maximum absolute atomic E-state index is 13.1. The Kier molecular flexibility index (Phi) is 5.70. The zero-order chi connectivity index (χ0) is 21.0.